The van der Waals surface area contributed by atoms with Crippen molar-refractivity contribution in [1.82, 2.24) is 14.9 Å². The normalized spacial score (nSPS) is 10.6. The largest absolute Gasteiger partial charge is 0.530 e. The maximum absolute atomic E-state index is 12.3. The molecule has 0 aliphatic carbocycles. The highest BCUT2D eigenvalue weighted by molar-refractivity contribution is 5.92. The summed E-state index contributed by atoms with van der Waals surface area (Å²) in [6, 6.07) is 9.88. The van der Waals surface area contributed by atoms with Crippen LogP contribution in [0.25, 0.3) is 10.9 Å². The molecule has 2 aromatic heterocycles. The molecule has 28 heavy (non-hydrogen) atoms. The number of fused-ring (bicyclic) bond motifs is 1. The molecule has 0 aliphatic rings. The Kier molecular flexibility index (Phi) is 6.07. The van der Waals surface area contributed by atoms with E-state index in [0.29, 0.717) is 31.3 Å². The first-order valence-corrected chi connectivity index (χ1v) is 8.66. The maximum atomic E-state index is 12.3. The minimum absolute atomic E-state index is 0.105. The van der Waals surface area contributed by atoms with Gasteiger partial charge in [-0.05, 0) is 37.3 Å². The molecule has 9 nitrogen and oxygen atoms in total. The number of ether oxygens (including phenoxy) is 2. The molecule has 3 aromatic rings. The van der Waals surface area contributed by atoms with Crippen molar-refractivity contribution in [2.45, 2.75) is 6.92 Å². The number of amides is 2. The Morgan fingerprint density at radius 2 is 2.00 bits per heavy atom. The Morgan fingerprint density at radius 3 is 2.79 bits per heavy atom. The minimum atomic E-state index is -1.45. The fraction of sp³-hybridized carbons (Fsp3) is 0.211. The molecule has 0 bridgehead atoms. The van der Waals surface area contributed by atoms with Gasteiger partial charge in [0, 0.05) is 37.0 Å². The first kappa shape index (κ1) is 19.2. The number of pyridine rings is 1. The predicted octanol–water partition coefficient (Wildman–Crippen LogP) is 2.18. The molecule has 0 saturated heterocycles. The van der Waals surface area contributed by atoms with Gasteiger partial charge in [-0.1, -0.05) is 0 Å². The maximum Gasteiger partial charge on any atom is 0.326 e. The van der Waals surface area contributed by atoms with Crippen molar-refractivity contribution in [3.63, 3.8) is 0 Å². The van der Waals surface area contributed by atoms with Crippen molar-refractivity contribution in [1.29, 1.82) is 0 Å². The number of aromatic nitrogens is 2. The Balaban J connectivity index is 1.71. The van der Waals surface area contributed by atoms with Crippen molar-refractivity contribution < 1.29 is 24.2 Å². The van der Waals surface area contributed by atoms with Crippen LogP contribution < -0.4 is 20.5 Å². The van der Waals surface area contributed by atoms with Gasteiger partial charge in [0.25, 0.3) is 0 Å². The zero-order chi connectivity index (χ0) is 19.9. The zero-order valence-electron chi connectivity index (χ0n) is 15.2. The molecule has 3 rings (SSSR count). The van der Waals surface area contributed by atoms with Gasteiger partial charge in [-0.3, -0.25) is 4.57 Å². The average Bonchev–Trinajstić information content (AvgIpc) is 3.08. The van der Waals surface area contributed by atoms with Crippen LogP contribution in [0, 0.1) is 0 Å². The molecule has 2 amide bonds. The van der Waals surface area contributed by atoms with Crippen LogP contribution in [0.5, 0.6) is 11.5 Å². The van der Waals surface area contributed by atoms with Crippen LogP contribution in [0.15, 0.2) is 48.8 Å². The fourth-order valence-electron chi connectivity index (χ4n) is 2.60. The minimum Gasteiger partial charge on any atom is -0.530 e. The molecule has 0 atom stereocenters. The third kappa shape index (κ3) is 4.77. The Labute approximate surface area is 160 Å². The number of anilines is 1. The number of benzene rings is 1. The molecule has 9 heteroatoms. The van der Waals surface area contributed by atoms with Crippen molar-refractivity contribution in [2.24, 2.45) is 0 Å². The van der Waals surface area contributed by atoms with E-state index >= 15 is 0 Å². The van der Waals surface area contributed by atoms with E-state index in [1.165, 1.54) is 16.8 Å². The van der Waals surface area contributed by atoms with E-state index in [-0.39, 0.29) is 11.8 Å². The Hall–Kier alpha value is -3.59. The quantitative estimate of drug-likeness (QED) is 0.604. The number of nitrogens with one attached hydrogen (secondary N) is 2. The van der Waals surface area contributed by atoms with Crippen LogP contribution in [-0.4, -0.2) is 41.4 Å². The number of carbonyl (C=O) groups is 2. The topological polar surface area (TPSA) is 118 Å². The van der Waals surface area contributed by atoms with Gasteiger partial charge in [-0.2, -0.15) is 0 Å². The van der Waals surface area contributed by atoms with Gasteiger partial charge in [0.15, 0.2) is 0 Å². The molecular weight excluding hydrogens is 364 g/mol. The van der Waals surface area contributed by atoms with E-state index in [4.69, 9.17) is 9.47 Å². The molecule has 1 aromatic carbocycles. The molecule has 2 N–H and O–H groups in total. The molecule has 0 fully saturated rings. The van der Waals surface area contributed by atoms with Gasteiger partial charge < -0.3 is 30.0 Å². The van der Waals surface area contributed by atoms with Crippen LogP contribution in [0.3, 0.4) is 0 Å². The highest BCUT2D eigenvalue weighted by atomic mass is 16.5. The summed E-state index contributed by atoms with van der Waals surface area (Å²) in [6.07, 6.45) is 1.65. The summed E-state index contributed by atoms with van der Waals surface area (Å²) in [6.45, 7) is 3.39. The number of carbonyl (C=O) groups excluding carboxylic acids is 2. The molecular formula is C19H19N4O5-. The van der Waals surface area contributed by atoms with Crippen molar-refractivity contribution >= 4 is 28.8 Å². The second-order valence-corrected chi connectivity index (χ2v) is 5.73. The number of rotatable bonds is 7. The molecule has 2 heterocycles. The molecule has 0 unspecified atom stereocenters. The molecule has 0 aliphatic heterocycles. The van der Waals surface area contributed by atoms with Crippen LogP contribution in [0.2, 0.25) is 0 Å². The van der Waals surface area contributed by atoms with Gasteiger partial charge >= 0.3 is 6.03 Å². The summed E-state index contributed by atoms with van der Waals surface area (Å²) in [7, 11) is 0. The van der Waals surface area contributed by atoms with Gasteiger partial charge in [0.2, 0.25) is 0 Å². The summed E-state index contributed by atoms with van der Waals surface area (Å²) in [5.41, 5.74) is 0.732. The first-order valence-electron chi connectivity index (χ1n) is 8.66. The van der Waals surface area contributed by atoms with E-state index in [1.807, 2.05) is 6.92 Å². The molecule has 0 radical (unpaired) electrons. The van der Waals surface area contributed by atoms with Crippen molar-refractivity contribution in [3.8, 4) is 11.5 Å². The summed E-state index contributed by atoms with van der Waals surface area (Å²) in [5.74, 6) is 1.05. The van der Waals surface area contributed by atoms with Gasteiger partial charge in [0.1, 0.15) is 23.4 Å². The van der Waals surface area contributed by atoms with E-state index < -0.39 is 6.09 Å². The zero-order valence-corrected chi connectivity index (χ0v) is 15.2. The summed E-state index contributed by atoms with van der Waals surface area (Å²) in [5, 5.41) is 16.3. The SMILES string of the molecule is CCOCCNC(=O)n1ccc2cc(Oc3ccnc(NC(=O)[O-])c3)ccc21. The summed E-state index contributed by atoms with van der Waals surface area (Å²) < 4.78 is 12.5. The van der Waals surface area contributed by atoms with Crippen molar-refractivity contribution in [2.75, 3.05) is 25.1 Å². The first-order chi connectivity index (χ1) is 13.6. The average molecular weight is 383 g/mol. The predicted molar refractivity (Wildman–Crippen MR) is 101 cm³/mol. The lowest BCUT2D eigenvalue weighted by atomic mass is 10.2. The number of hydrogen-bond acceptors (Lipinski definition) is 6. The third-order valence-corrected chi connectivity index (χ3v) is 3.80. The molecule has 0 saturated carbocycles. The number of hydrogen-bond donors (Lipinski definition) is 2. The van der Waals surface area contributed by atoms with Crippen LogP contribution in [0.4, 0.5) is 15.4 Å². The van der Waals surface area contributed by atoms with Gasteiger partial charge in [0.05, 0.1) is 12.1 Å². The van der Waals surface area contributed by atoms with Gasteiger partial charge in [-0.25, -0.2) is 9.78 Å². The van der Waals surface area contributed by atoms with Crippen molar-refractivity contribution in [3.05, 3.63) is 48.8 Å². The highest BCUT2D eigenvalue weighted by Crippen LogP contribution is 2.27. The summed E-state index contributed by atoms with van der Waals surface area (Å²) in [4.78, 5) is 26.7. The molecule has 146 valence electrons. The smallest absolute Gasteiger partial charge is 0.326 e. The standard InChI is InChI=1S/C19H20N4O5/c1-2-27-10-8-21-18(24)23-9-6-13-11-14(3-4-16(13)23)28-15-5-7-20-17(12-15)22-19(25)26/h3-7,9,11-12H,2,8,10H2,1H3,(H,20,22)(H,21,24)(H,25,26)/p-1. The van der Waals surface area contributed by atoms with Crippen LogP contribution in [-0.2, 0) is 4.74 Å². The lowest BCUT2D eigenvalue weighted by Crippen LogP contribution is -2.30. The number of carboxylic acid groups (broad SMARTS) is 1. The lowest BCUT2D eigenvalue weighted by Gasteiger charge is -2.10. The van der Waals surface area contributed by atoms with E-state index in [9.17, 15) is 14.7 Å². The Morgan fingerprint density at radius 1 is 1.18 bits per heavy atom. The Bertz CT molecular complexity index is 985. The second kappa shape index (κ2) is 8.87. The van der Waals surface area contributed by atoms with E-state index in [0.717, 1.165) is 10.9 Å². The van der Waals surface area contributed by atoms with Crippen LogP contribution in [0.1, 0.15) is 6.92 Å². The monoisotopic (exact) mass is 383 g/mol. The lowest BCUT2D eigenvalue weighted by molar-refractivity contribution is -0.242. The molecule has 0 spiro atoms. The highest BCUT2D eigenvalue weighted by Gasteiger charge is 2.09. The van der Waals surface area contributed by atoms with E-state index in [1.54, 1.807) is 36.5 Å². The van der Waals surface area contributed by atoms with E-state index in [2.05, 4.69) is 15.6 Å². The van der Waals surface area contributed by atoms with Gasteiger partial charge in [-0.15, -0.1) is 0 Å². The second-order valence-electron chi connectivity index (χ2n) is 5.73. The third-order valence-electron chi connectivity index (χ3n) is 3.80. The number of nitrogens with zero attached hydrogens (tertiary/aromatic N) is 2. The summed E-state index contributed by atoms with van der Waals surface area (Å²) >= 11 is 0. The fourth-order valence-corrected chi connectivity index (χ4v) is 2.60. The van der Waals surface area contributed by atoms with Crippen LogP contribution >= 0.6 is 0 Å².